The van der Waals surface area contributed by atoms with Crippen molar-refractivity contribution >= 4 is 69.4 Å². The van der Waals surface area contributed by atoms with Crippen LogP contribution in [0.2, 0.25) is 15.1 Å². The number of amides is 1. The number of carbonyl (C=O) groups is 1. The van der Waals surface area contributed by atoms with E-state index in [0.29, 0.717) is 48.8 Å². The molecule has 2 aromatic heterocycles. The molecule has 10 nitrogen and oxygen atoms in total. The van der Waals surface area contributed by atoms with Crippen LogP contribution in [0.25, 0.3) is 11.3 Å². The number of fused-ring (bicyclic) bond motifs is 2. The Labute approximate surface area is 256 Å². The monoisotopic (exact) mass is 632 g/mol. The molecule has 2 atom stereocenters. The number of nitrogens with zero attached hydrogens (tertiary/aromatic N) is 4. The second-order valence-electron chi connectivity index (χ2n) is 10.1. The second kappa shape index (κ2) is 11.6. The molecule has 1 aromatic carbocycles. The summed E-state index contributed by atoms with van der Waals surface area (Å²) in [6.45, 7) is 8.40. The number of nitrogens with one attached hydrogen (secondary N) is 3. The molecular weight excluding hydrogens is 606 g/mol. The molecule has 0 radical (unpaired) electrons. The summed E-state index contributed by atoms with van der Waals surface area (Å²) < 4.78 is 15.5. The van der Waals surface area contributed by atoms with Crippen LogP contribution in [-0.4, -0.2) is 68.8 Å². The van der Waals surface area contributed by atoms with Crippen LogP contribution >= 0.6 is 34.8 Å². The van der Waals surface area contributed by atoms with Crippen molar-refractivity contribution in [1.29, 1.82) is 5.41 Å². The Kier molecular flexibility index (Phi) is 8.21. The number of aryl methyl sites for hydroxylation is 1. The largest absolute Gasteiger partial charge is 0.397 e. The molecule has 0 aliphatic carbocycles. The predicted molar refractivity (Wildman–Crippen MR) is 165 cm³/mol. The standard InChI is InChI=1S/C28H28Cl3FN8O2/c1-4-17(42)39-7-8-40-14(11-39)10-36-25-19(27(40)34)28(37-23-12(2)5-6-35-24(23)13(3)41)38-26(20(25)31)18-21(32)15(29)9-16(30)22(18)33/h4-6,9,13-14,34,36,41H,1,7-8,10-11,33H2,2-3H3,(H,37,38). The SMILES string of the molecule is C=CC(=O)N1CCN2C(=N)c3c(Nc4c(C)ccnc4C(C)O)nc(-c4c(N)c(Cl)cc(Cl)c4F)c(Cl)c3NCC2C1. The molecular formula is C28H28Cl3FN8O2. The molecule has 42 heavy (non-hydrogen) atoms. The topological polar surface area (TPSA) is 143 Å². The van der Waals surface area contributed by atoms with Crippen molar-refractivity contribution in [2.45, 2.75) is 26.0 Å². The Morgan fingerprint density at radius 3 is 2.76 bits per heavy atom. The fourth-order valence-corrected chi connectivity index (χ4v) is 6.01. The molecule has 2 aliphatic rings. The zero-order valence-electron chi connectivity index (χ0n) is 22.7. The summed E-state index contributed by atoms with van der Waals surface area (Å²) in [7, 11) is 0. The molecule has 3 aromatic rings. The highest BCUT2D eigenvalue weighted by Gasteiger charge is 2.37. The van der Waals surface area contributed by atoms with Gasteiger partial charge in [0.1, 0.15) is 11.7 Å². The summed E-state index contributed by atoms with van der Waals surface area (Å²) in [5.74, 6) is -0.832. The number of hydrogen-bond donors (Lipinski definition) is 5. The van der Waals surface area contributed by atoms with Crippen molar-refractivity contribution in [3.63, 3.8) is 0 Å². The highest BCUT2D eigenvalue weighted by molar-refractivity contribution is 6.39. The van der Waals surface area contributed by atoms with Crippen molar-refractivity contribution < 1.29 is 14.3 Å². The zero-order chi connectivity index (χ0) is 30.5. The molecule has 4 heterocycles. The van der Waals surface area contributed by atoms with Gasteiger partial charge in [0.2, 0.25) is 5.91 Å². The molecule has 220 valence electrons. The number of amidine groups is 1. The number of hydrogen-bond acceptors (Lipinski definition) is 8. The molecule has 0 spiro atoms. The first-order chi connectivity index (χ1) is 19.9. The lowest BCUT2D eigenvalue weighted by Gasteiger charge is -2.41. The Morgan fingerprint density at radius 2 is 2.07 bits per heavy atom. The molecule has 0 saturated carbocycles. The molecule has 5 rings (SSSR count). The van der Waals surface area contributed by atoms with Gasteiger partial charge >= 0.3 is 0 Å². The van der Waals surface area contributed by atoms with Gasteiger partial charge in [-0.3, -0.25) is 15.2 Å². The van der Waals surface area contributed by atoms with E-state index >= 15 is 4.39 Å². The first-order valence-electron chi connectivity index (χ1n) is 13.0. The number of carbonyl (C=O) groups excluding carboxylic acids is 1. The molecule has 6 N–H and O–H groups in total. The van der Waals surface area contributed by atoms with E-state index in [-0.39, 0.29) is 55.6 Å². The molecule has 1 fully saturated rings. The van der Waals surface area contributed by atoms with Gasteiger partial charge in [-0.05, 0) is 37.6 Å². The molecule has 1 amide bonds. The van der Waals surface area contributed by atoms with Gasteiger partial charge in [0.25, 0.3) is 0 Å². The number of halogens is 4. The van der Waals surface area contributed by atoms with E-state index in [0.717, 1.165) is 5.56 Å². The summed E-state index contributed by atoms with van der Waals surface area (Å²) in [4.78, 5) is 24.9. The number of rotatable bonds is 5. The van der Waals surface area contributed by atoms with E-state index in [1.54, 1.807) is 24.1 Å². The molecule has 0 bridgehead atoms. The lowest BCUT2D eigenvalue weighted by molar-refractivity contribution is -0.128. The minimum absolute atomic E-state index is 0.00163. The van der Waals surface area contributed by atoms with E-state index in [1.165, 1.54) is 12.1 Å². The van der Waals surface area contributed by atoms with E-state index in [1.807, 2.05) is 11.8 Å². The van der Waals surface area contributed by atoms with E-state index < -0.39 is 11.9 Å². The quantitative estimate of drug-likeness (QED) is 0.143. The van der Waals surface area contributed by atoms with Gasteiger partial charge in [-0.1, -0.05) is 41.4 Å². The van der Waals surface area contributed by atoms with Crippen LogP contribution < -0.4 is 16.4 Å². The maximum Gasteiger partial charge on any atom is 0.246 e. The fraction of sp³-hybridized carbons (Fsp3) is 0.286. The van der Waals surface area contributed by atoms with Gasteiger partial charge in [0, 0.05) is 32.4 Å². The van der Waals surface area contributed by atoms with Crippen LogP contribution in [0.15, 0.2) is 31.0 Å². The van der Waals surface area contributed by atoms with Crippen LogP contribution in [0, 0.1) is 18.2 Å². The van der Waals surface area contributed by atoms with Crippen molar-refractivity contribution in [2.75, 3.05) is 42.5 Å². The summed E-state index contributed by atoms with van der Waals surface area (Å²) in [6, 6.07) is 2.67. The van der Waals surface area contributed by atoms with Gasteiger partial charge < -0.3 is 31.3 Å². The summed E-state index contributed by atoms with van der Waals surface area (Å²) in [6.07, 6.45) is 1.90. The summed E-state index contributed by atoms with van der Waals surface area (Å²) in [5, 5.41) is 26.0. The summed E-state index contributed by atoms with van der Waals surface area (Å²) >= 11 is 19.3. The normalized spacial score (nSPS) is 17.1. The molecule has 14 heteroatoms. The number of piperazine rings is 1. The van der Waals surface area contributed by atoms with E-state index in [9.17, 15) is 15.3 Å². The zero-order valence-corrected chi connectivity index (χ0v) is 25.0. The number of benzene rings is 1. The second-order valence-corrected chi connectivity index (χ2v) is 11.3. The Bertz CT molecular complexity index is 1610. The first kappa shape index (κ1) is 29.8. The lowest BCUT2D eigenvalue weighted by Crippen LogP contribution is -2.57. The molecule has 1 saturated heterocycles. The van der Waals surface area contributed by atoms with Crippen LogP contribution in [0.5, 0.6) is 0 Å². The Balaban J connectivity index is 1.74. The van der Waals surface area contributed by atoms with Crippen molar-refractivity contribution in [3.8, 4) is 11.3 Å². The van der Waals surface area contributed by atoms with E-state index in [2.05, 4.69) is 22.2 Å². The van der Waals surface area contributed by atoms with E-state index in [4.69, 9.17) is 45.5 Å². The minimum Gasteiger partial charge on any atom is -0.397 e. The van der Waals surface area contributed by atoms with Gasteiger partial charge in [-0.15, -0.1) is 0 Å². The number of aliphatic hydroxyl groups is 1. The van der Waals surface area contributed by atoms with Gasteiger partial charge in [0.05, 0.1) is 66.8 Å². The number of nitrogens with two attached hydrogens (primary N) is 1. The van der Waals surface area contributed by atoms with Gasteiger partial charge in [0.15, 0.2) is 5.82 Å². The summed E-state index contributed by atoms with van der Waals surface area (Å²) in [5.41, 5.74) is 8.03. The average molecular weight is 634 g/mol. The third-order valence-electron chi connectivity index (χ3n) is 7.42. The third-order valence-corrected chi connectivity index (χ3v) is 8.37. The lowest BCUT2D eigenvalue weighted by atomic mass is 10.0. The highest BCUT2D eigenvalue weighted by atomic mass is 35.5. The number of anilines is 4. The smallest absolute Gasteiger partial charge is 0.246 e. The average Bonchev–Trinajstić information content (AvgIpc) is 3.11. The Morgan fingerprint density at radius 1 is 1.33 bits per heavy atom. The van der Waals surface area contributed by atoms with Crippen LogP contribution in [0.4, 0.5) is 27.3 Å². The van der Waals surface area contributed by atoms with Crippen LogP contribution in [0.3, 0.4) is 0 Å². The first-order valence-corrected chi connectivity index (χ1v) is 14.2. The minimum atomic E-state index is -0.935. The third kappa shape index (κ3) is 5.11. The fourth-order valence-electron chi connectivity index (χ4n) is 5.25. The van der Waals surface area contributed by atoms with Crippen molar-refractivity contribution in [2.24, 2.45) is 0 Å². The van der Waals surface area contributed by atoms with Crippen LogP contribution in [-0.2, 0) is 4.79 Å². The van der Waals surface area contributed by atoms with Crippen LogP contribution in [0.1, 0.15) is 29.8 Å². The number of aromatic nitrogens is 2. The maximum absolute atomic E-state index is 15.5. The number of aliphatic hydroxyl groups excluding tert-OH is 1. The predicted octanol–water partition coefficient (Wildman–Crippen LogP) is 5.38. The van der Waals surface area contributed by atoms with Gasteiger partial charge in [-0.2, -0.15) is 0 Å². The van der Waals surface area contributed by atoms with Gasteiger partial charge in [-0.25, -0.2) is 9.37 Å². The highest BCUT2D eigenvalue weighted by Crippen LogP contribution is 2.46. The Hall–Kier alpha value is -3.64. The number of pyridine rings is 2. The maximum atomic E-state index is 15.5. The molecule has 2 aliphatic heterocycles. The van der Waals surface area contributed by atoms with Crippen molar-refractivity contribution in [3.05, 3.63) is 68.7 Å². The number of nitrogen functional groups attached to an aromatic ring is 1. The van der Waals surface area contributed by atoms with Crippen molar-refractivity contribution in [1.82, 2.24) is 19.8 Å². The molecule has 2 unspecified atom stereocenters.